The summed E-state index contributed by atoms with van der Waals surface area (Å²) in [5.41, 5.74) is 0.919. The summed E-state index contributed by atoms with van der Waals surface area (Å²) in [6.45, 7) is 0. The second kappa shape index (κ2) is 7.51. The van der Waals surface area contributed by atoms with E-state index in [9.17, 15) is 13.2 Å². The van der Waals surface area contributed by atoms with Gasteiger partial charge in [-0.15, -0.1) is 0 Å². The van der Waals surface area contributed by atoms with E-state index in [2.05, 4.69) is 15.0 Å². The van der Waals surface area contributed by atoms with Crippen LogP contribution in [0, 0.1) is 0 Å². The van der Waals surface area contributed by atoms with Crippen molar-refractivity contribution in [3.8, 4) is 11.5 Å². The number of hydrogen-bond acceptors (Lipinski definition) is 7. The number of aromatic nitrogens is 1. The third kappa shape index (κ3) is 3.87. The molecule has 8 nitrogen and oxygen atoms in total. The van der Waals surface area contributed by atoms with Crippen LogP contribution in [0.15, 0.2) is 41.3 Å². The van der Waals surface area contributed by atoms with Gasteiger partial charge in [0.1, 0.15) is 11.5 Å². The van der Waals surface area contributed by atoms with Crippen LogP contribution in [0.5, 0.6) is 11.5 Å². The van der Waals surface area contributed by atoms with Gasteiger partial charge in [-0.05, 0) is 37.4 Å². The molecule has 0 aliphatic rings. The van der Waals surface area contributed by atoms with Crippen molar-refractivity contribution in [3.05, 3.63) is 42.0 Å². The molecule has 3 aromatic rings. The highest BCUT2D eigenvalue weighted by Crippen LogP contribution is 2.30. The molecule has 0 aliphatic heterocycles. The van der Waals surface area contributed by atoms with Gasteiger partial charge in [0.2, 0.25) is 10.0 Å². The average Bonchev–Trinajstić information content (AvgIpc) is 3.08. The van der Waals surface area contributed by atoms with Crippen molar-refractivity contribution in [1.82, 2.24) is 9.71 Å². The number of benzene rings is 2. The second-order valence-corrected chi connectivity index (χ2v) is 8.29. The lowest BCUT2D eigenvalue weighted by Crippen LogP contribution is -2.18. The van der Waals surface area contributed by atoms with Gasteiger partial charge in [0, 0.05) is 6.07 Å². The molecule has 0 atom stereocenters. The number of carbonyl (C=O) groups is 1. The SMILES string of the molecule is CNS(=O)(=O)c1ccc2nc(NC(=O)c3ccc(OC)cc3OC)sc2c1. The number of ether oxygens (including phenoxy) is 2. The van der Waals surface area contributed by atoms with E-state index in [0.717, 1.165) is 0 Å². The normalized spacial score (nSPS) is 11.4. The molecule has 2 N–H and O–H groups in total. The summed E-state index contributed by atoms with van der Waals surface area (Å²) in [5.74, 6) is 0.550. The monoisotopic (exact) mass is 407 g/mol. The minimum Gasteiger partial charge on any atom is -0.497 e. The predicted octanol–water partition coefficient (Wildman–Crippen LogP) is 2.47. The molecule has 0 aliphatic carbocycles. The summed E-state index contributed by atoms with van der Waals surface area (Å²) in [5, 5.41) is 3.07. The number of thiazole rings is 1. The number of methoxy groups -OCH3 is 2. The minimum absolute atomic E-state index is 0.135. The molecular weight excluding hydrogens is 390 g/mol. The van der Waals surface area contributed by atoms with Crippen molar-refractivity contribution in [2.45, 2.75) is 4.90 Å². The van der Waals surface area contributed by atoms with Crippen molar-refractivity contribution in [3.63, 3.8) is 0 Å². The van der Waals surface area contributed by atoms with E-state index in [1.54, 1.807) is 24.3 Å². The molecule has 0 bridgehead atoms. The maximum absolute atomic E-state index is 12.6. The van der Waals surface area contributed by atoms with E-state index in [-0.39, 0.29) is 4.90 Å². The number of carbonyl (C=O) groups excluding carboxylic acids is 1. The number of fused-ring (bicyclic) bond motifs is 1. The van der Waals surface area contributed by atoms with Crippen LogP contribution in [0.3, 0.4) is 0 Å². The zero-order valence-electron chi connectivity index (χ0n) is 14.8. The van der Waals surface area contributed by atoms with Crippen molar-refractivity contribution in [2.75, 3.05) is 26.6 Å². The highest BCUT2D eigenvalue weighted by Gasteiger charge is 2.17. The molecule has 0 fully saturated rings. The Morgan fingerprint density at radius 2 is 1.89 bits per heavy atom. The first-order chi connectivity index (χ1) is 12.9. The standard InChI is InChI=1S/C17H17N3O5S2/c1-18-27(22,23)11-5-7-13-15(9-11)26-17(19-13)20-16(21)12-6-4-10(24-2)8-14(12)25-3/h4-9,18H,1-3H3,(H,19,20,21). The molecular formula is C17H17N3O5S2. The number of amides is 1. The summed E-state index contributed by atoms with van der Waals surface area (Å²) in [6, 6.07) is 9.44. The molecule has 142 valence electrons. The molecule has 0 radical (unpaired) electrons. The van der Waals surface area contributed by atoms with Gasteiger partial charge in [-0.1, -0.05) is 11.3 Å². The van der Waals surface area contributed by atoms with E-state index in [1.807, 2.05) is 0 Å². The van der Waals surface area contributed by atoms with Gasteiger partial charge >= 0.3 is 0 Å². The summed E-state index contributed by atoms with van der Waals surface area (Å²) in [4.78, 5) is 17.0. The Kier molecular flexibility index (Phi) is 5.31. The Balaban J connectivity index is 1.89. The topological polar surface area (TPSA) is 107 Å². The number of hydrogen-bond donors (Lipinski definition) is 2. The van der Waals surface area contributed by atoms with Crippen LogP contribution < -0.4 is 19.5 Å². The summed E-state index contributed by atoms with van der Waals surface area (Å²) in [7, 11) is 0.790. The van der Waals surface area contributed by atoms with Crippen LogP contribution in [-0.4, -0.2) is 40.6 Å². The number of nitrogens with one attached hydrogen (secondary N) is 2. The van der Waals surface area contributed by atoms with E-state index in [0.29, 0.717) is 32.4 Å². The van der Waals surface area contributed by atoms with Crippen molar-refractivity contribution in [2.24, 2.45) is 0 Å². The molecule has 27 heavy (non-hydrogen) atoms. The van der Waals surface area contributed by atoms with E-state index in [4.69, 9.17) is 9.47 Å². The number of nitrogens with zero attached hydrogens (tertiary/aromatic N) is 1. The Labute approximate surface area is 160 Å². The highest BCUT2D eigenvalue weighted by molar-refractivity contribution is 7.89. The fourth-order valence-corrected chi connectivity index (χ4v) is 4.12. The summed E-state index contributed by atoms with van der Waals surface area (Å²) in [6.07, 6.45) is 0. The van der Waals surface area contributed by atoms with Gasteiger partial charge in [0.05, 0.1) is 34.9 Å². The smallest absolute Gasteiger partial charge is 0.261 e. The van der Waals surface area contributed by atoms with E-state index >= 15 is 0 Å². The van der Waals surface area contributed by atoms with Crippen LogP contribution in [0.4, 0.5) is 5.13 Å². The second-order valence-electron chi connectivity index (χ2n) is 5.38. The van der Waals surface area contributed by atoms with Crippen LogP contribution in [0.25, 0.3) is 10.2 Å². The fraction of sp³-hybridized carbons (Fsp3) is 0.176. The fourth-order valence-electron chi connectivity index (χ4n) is 2.39. The van der Waals surface area contributed by atoms with Crippen molar-refractivity contribution >= 4 is 42.6 Å². The summed E-state index contributed by atoms with van der Waals surface area (Å²) < 4.78 is 37.1. The third-order valence-corrected chi connectivity index (χ3v) is 6.16. The minimum atomic E-state index is -3.55. The maximum atomic E-state index is 12.6. The molecule has 0 unspecified atom stereocenters. The number of sulfonamides is 1. The average molecular weight is 407 g/mol. The Bertz CT molecular complexity index is 1110. The van der Waals surface area contributed by atoms with Crippen molar-refractivity contribution in [1.29, 1.82) is 0 Å². The molecule has 1 heterocycles. The molecule has 1 amide bonds. The van der Waals surface area contributed by atoms with Gasteiger partial charge in [-0.2, -0.15) is 0 Å². The summed E-state index contributed by atoms with van der Waals surface area (Å²) >= 11 is 1.18. The third-order valence-electron chi connectivity index (χ3n) is 3.81. The largest absolute Gasteiger partial charge is 0.497 e. The Hall–Kier alpha value is -2.69. The van der Waals surface area contributed by atoms with Gasteiger partial charge in [0.15, 0.2) is 5.13 Å². The van der Waals surface area contributed by atoms with Gasteiger partial charge in [0.25, 0.3) is 5.91 Å². The van der Waals surface area contributed by atoms with Crippen LogP contribution in [-0.2, 0) is 10.0 Å². The molecule has 10 heteroatoms. The first kappa shape index (κ1) is 19.1. The molecule has 2 aromatic carbocycles. The van der Waals surface area contributed by atoms with E-state index < -0.39 is 15.9 Å². The van der Waals surface area contributed by atoms with Gasteiger partial charge < -0.3 is 9.47 Å². The zero-order chi connectivity index (χ0) is 19.6. The quantitative estimate of drug-likeness (QED) is 0.650. The molecule has 1 aromatic heterocycles. The van der Waals surface area contributed by atoms with E-state index in [1.165, 1.54) is 44.7 Å². The highest BCUT2D eigenvalue weighted by atomic mass is 32.2. The van der Waals surface area contributed by atoms with Gasteiger partial charge in [-0.25, -0.2) is 18.1 Å². The first-order valence-electron chi connectivity index (χ1n) is 7.75. The predicted molar refractivity (Wildman–Crippen MR) is 103 cm³/mol. The van der Waals surface area contributed by atoms with Gasteiger partial charge in [-0.3, -0.25) is 10.1 Å². The molecule has 0 saturated carbocycles. The van der Waals surface area contributed by atoms with Crippen LogP contribution >= 0.6 is 11.3 Å². The Morgan fingerprint density at radius 1 is 1.11 bits per heavy atom. The molecule has 3 rings (SSSR count). The lowest BCUT2D eigenvalue weighted by atomic mass is 10.2. The Morgan fingerprint density at radius 3 is 2.56 bits per heavy atom. The number of rotatable bonds is 6. The van der Waals surface area contributed by atoms with Crippen molar-refractivity contribution < 1.29 is 22.7 Å². The van der Waals surface area contributed by atoms with Crippen LogP contribution in [0.1, 0.15) is 10.4 Å². The zero-order valence-corrected chi connectivity index (χ0v) is 16.4. The van der Waals surface area contributed by atoms with Crippen LogP contribution in [0.2, 0.25) is 0 Å². The lowest BCUT2D eigenvalue weighted by molar-refractivity contribution is 0.102. The molecule has 0 spiro atoms. The maximum Gasteiger partial charge on any atom is 0.261 e. The lowest BCUT2D eigenvalue weighted by Gasteiger charge is -2.09. The molecule has 0 saturated heterocycles. The number of anilines is 1. The first-order valence-corrected chi connectivity index (χ1v) is 10.1.